The van der Waals surface area contributed by atoms with Crippen LogP contribution in [0.3, 0.4) is 0 Å². The van der Waals surface area contributed by atoms with Crippen molar-refractivity contribution in [1.82, 2.24) is 5.43 Å². The van der Waals surface area contributed by atoms with Crippen molar-refractivity contribution in [2.45, 2.75) is 13.8 Å². The van der Waals surface area contributed by atoms with E-state index in [1.54, 1.807) is 42.5 Å². The standard InChI is InChI=1S/C26H25N3O6/c1-16-8-9-17(2)21(12-16)28-24(30)25(31)29-27-15-18-10-11-22(23(13-18)34-4)35-26(32)19-6-5-7-20(14-19)33-3/h5-15H,1-4H3,(H,28,30)(H,29,31)/b27-15+. The summed E-state index contributed by atoms with van der Waals surface area (Å²) < 4.78 is 15.9. The summed E-state index contributed by atoms with van der Waals surface area (Å²) in [5.74, 6) is -1.32. The Kier molecular flexibility index (Phi) is 8.18. The molecule has 35 heavy (non-hydrogen) atoms. The van der Waals surface area contributed by atoms with Crippen molar-refractivity contribution in [3.63, 3.8) is 0 Å². The second-order valence-corrected chi connectivity index (χ2v) is 7.50. The number of hydrogen-bond acceptors (Lipinski definition) is 7. The fourth-order valence-electron chi connectivity index (χ4n) is 3.02. The van der Waals surface area contributed by atoms with Crippen molar-refractivity contribution < 1.29 is 28.6 Å². The predicted molar refractivity (Wildman–Crippen MR) is 131 cm³/mol. The zero-order valence-electron chi connectivity index (χ0n) is 19.7. The van der Waals surface area contributed by atoms with Gasteiger partial charge >= 0.3 is 17.8 Å². The van der Waals surface area contributed by atoms with E-state index < -0.39 is 17.8 Å². The molecule has 0 atom stereocenters. The van der Waals surface area contributed by atoms with Crippen LogP contribution >= 0.6 is 0 Å². The maximum absolute atomic E-state index is 12.5. The number of nitrogens with one attached hydrogen (secondary N) is 2. The molecule has 2 N–H and O–H groups in total. The maximum atomic E-state index is 12.5. The van der Waals surface area contributed by atoms with Gasteiger partial charge in [0.05, 0.1) is 26.0 Å². The van der Waals surface area contributed by atoms with Gasteiger partial charge in [-0.05, 0) is 73.0 Å². The molecule has 9 heteroatoms. The largest absolute Gasteiger partial charge is 0.497 e. The van der Waals surface area contributed by atoms with Gasteiger partial charge in [-0.2, -0.15) is 5.10 Å². The van der Waals surface area contributed by atoms with Crippen LogP contribution < -0.4 is 25.0 Å². The van der Waals surface area contributed by atoms with Crippen LogP contribution in [0.5, 0.6) is 17.2 Å². The van der Waals surface area contributed by atoms with E-state index in [4.69, 9.17) is 14.2 Å². The van der Waals surface area contributed by atoms with Crippen LogP contribution in [-0.4, -0.2) is 38.2 Å². The number of benzene rings is 3. The average molecular weight is 476 g/mol. The minimum Gasteiger partial charge on any atom is -0.497 e. The Morgan fingerprint density at radius 1 is 0.857 bits per heavy atom. The van der Waals surface area contributed by atoms with E-state index in [1.165, 1.54) is 26.5 Å². The van der Waals surface area contributed by atoms with Gasteiger partial charge < -0.3 is 19.5 Å². The van der Waals surface area contributed by atoms with Crippen LogP contribution in [0.25, 0.3) is 0 Å². The summed E-state index contributed by atoms with van der Waals surface area (Å²) in [5, 5.41) is 6.38. The topological polar surface area (TPSA) is 115 Å². The van der Waals surface area contributed by atoms with Gasteiger partial charge in [-0.1, -0.05) is 18.2 Å². The molecule has 3 aromatic rings. The summed E-state index contributed by atoms with van der Waals surface area (Å²) in [6, 6.07) is 16.8. The van der Waals surface area contributed by atoms with Crippen molar-refractivity contribution in [3.05, 3.63) is 82.9 Å². The van der Waals surface area contributed by atoms with Crippen molar-refractivity contribution in [2.24, 2.45) is 5.10 Å². The number of nitrogens with zero attached hydrogens (tertiary/aromatic N) is 1. The Balaban J connectivity index is 1.62. The normalized spacial score (nSPS) is 10.5. The third-order valence-electron chi connectivity index (χ3n) is 4.92. The molecule has 0 aromatic heterocycles. The highest BCUT2D eigenvalue weighted by Crippen LogP contribution is 2.28. The average Bonchev–Trinajstić information content (AvgIpc) is 2.86. The molecule has 0 heterocycles. The Morgan fingerprint density at radius 3 is 2.40 bits per heavy atom. The summed E-state index contributed by atoms with van der Waals surface area (Å²) >= 11 is 0. The first-order valence-electron chi connectivity index (χ1n) is 10.6. The van der Waals surface area contributed by atoms with Gasteiger partial charge in [-0.15, -0.1) is 0 Å². The van der Waals surface area contributed by atoms with Crippen molar-refractivity contribution in [3.8, 4) is 17.2 Å². The lowest BCUT2D eigenvalue weighted by Gasteiger charge is -2.10. The van der Waals surface area contributed by atoms with Crippen LogP contribution in [0, 0.1) is 13.8 Å². The number of hydrazone groups is 1. The van der Waals surface area contributed by atoms with Gasteiger partial charge in [0, 0.05) is 5.69 Å². The van der Waals surface area contributed by atoms with E-state index >= 15 is 0 Å². The second-order valence-electron chi connectivity index (χ2n) is 7.50. The molecule has 0 radical (unpaired) electrons. The Hall–Kier alpha value is -4.66. The zero-order chi connectivity index (χ0) is 25.4. The number of carbonyl (C=O) groups excluding carboxylic acids is 3. The molecule has 2 amide bonds. The molecule has 0 spiro atoms. The first kappa shape index (κ1) is 25.0. The second kappa shape index (κ2) is 11.5. The van der Waals surface area contributed by atoms with Gasteiger partial charge in [-0.25, -0.2) is 10.2 Å². The molecule has 0 saturated carbocycles. The van der Waals surface area contributed by atoms with Gasteiger partial charge in [-0.3, -0.25) is 9.59 Å². The monoisotopic (exact) mass is 475 g/mol. The molecule has 9 nitrogen and oxygen atoms in total. The molecule has 0 fully saturated rings. The number of hydrogen-bond donors (Lipinski definition) is 2. The van der Waals surface area contributed by atoms with Crippen LogP contribution in [0.15, 0.2) is 65.8 Å². The van der Waals surface area contributed by atoms with Crippen LogP contribution in [0.4, 0.5) is 5.69 Å². The fourth-order valence-corrected chi connectivity index (χ4v) is 3.02. The number of rotatable bonds is 7. The highest BCUT2D eigenvalue weighted by atomic mass is 16.6. The Labute approximate surface area is 202 Å². The summed E-state index contributed by atoms with van der Waals surface area (Å²) in [6.07, 6.45) is 1.33. The summed E-state index contributed by atoms with van der Waals surface area (Å²) in [7, 11) is 2.94. The number of amides is 2. The smallest absolute Gasteiger partial charge is 0.343 e. The molecule has 0 bridgehead atoms. The quantitative estimate of drug-likeness (QED) is 0.177. The number of anilines is 1. The molecule has 0 unspecified atom stereocenters. The predicted octanol–water partition coefficient (Wildman–Crippen LogP) is 3.63. The molecule has 3 rings (SSSR count). The lowest BCUT2D eigenvalue weighted by atomic mass is 10.1. The van der Waals surface area contributed by atoms with Crippen LogP contribution in [0.1, 0.15) is 27.0 Å². The number of aryl methyl sites for hydroxylation is 2. The maximum Gasteiger partial charge on any atom is 0.343 e. The zero-order valence-corrected chi connectivity index (χ0v) is 19.7. The van der Waals surface area contributed by atoms with Gasteiger partial charge in [0.15, 0.2) is 11.5 Å². The van der Waals surface area contributed by atoms with E-state index in [-0.39, 0.29) is 11.5 Å². The minimum atomic E-state index is -0.919. The third kappa shape index (κ3) is 6.67. The highest BCUT2D eigenvalue weighted by molar-refractivity contribution is 6.39. The summed E-state index contributed by atoms with van der Waals surface area (Å²) in [5.41, 5.74) is 5.38. The van der Waals surface area contributed by atoms with E-state index in [0.29, 0.717) is 22.6 Å². The minimum absolute atomic E-state index is 0.203. The molecular formula is C26H25N3O6. The molecule has 0 aliphatic carbocycles. The molecule has 0 aliphatic rings. The Morgan fingerprint density at radius 2 is 1.66 bits per heavy atom. The van der Waals surface area contributed by atoms with Gasteiger partial charge in [0.25, 0.3) is 0 Å². The van der Waals surface area contributed by atoms with Gasteiger partial charge in [0.2, 0.25) is 0 Å². The SMILES string of the molecule is COc1cccc(C(=O)Oc2ccc(/C=N/NC(=O)C(=O)Nc3cc(C)ccc3C)cc2OC)c1. The molecular weight excluding hydrogens is 450 g/mol. The van der Waals surface area contributed by atoms with E-state index in [1.807, 2.05) is 26.0 Å². The van der Waals surface area contributed by atoms with E-state index in [9.17, 15) is 14.4 Å². The number of ether oxygens (including phenoxy) is 3. The third-order valence-corrected chi connectivity index (χ3v) is 4.92. The van der Waals surface area contributed by atoms with Crippen molar-refractivity contribution in [2.75, 3.05) is 19.5 Å². The highest BCUT2D eigenvalue weighted by Gasteiger charge is 2.15. The van der Waals surface area contributed by atoms with E-state index in [2.05, 4.69) is 15.8 Å². The molecule has 0 saturated heterocycles. The van der Waals surface area contributed by atoms with Crippen LogP contribution in [0.2, 0.25) is 0 Å². The fraction of sp³-hybridized carbons (Fsp3) is 0.154. The number of esters is 1. The first-order chi connectivity index (χ1) is 16.8. The Bertz CT molecular complexity index is 1290. The number of methoxy groups -OCH3 is 2. The molecule has 0 aliphatic heterocycles. The molecule has 3 aromatic carbocycles. The first-order valence-corrected chi connectivity index (χ1v) is 10.6. The van der Waals surface area contributed by atoms with Crippen molar-refractivity contribution >= 4 is 29.7 Å². The van der Waals surface area contributed by atoms with E-state index in [0.717, 1.165) is 11.1 Å². The lowest BCUT2D eigenvalue weighted by molar-refractivity contribution is -0.136. The van der Waals surface area contributed by atoms with Gasteiger partial charge in [0.1, 0.15) is 5.75 Å². The molecule has 180 valence electrons. The summed E-state index contributed by atoms with van der Waals surface area (Å²) in [6.45, 7) is 3.72. The summed E-state index contributed by atoms with van der Waals surface area (Å²) in [4.78, 5) is 36.7. The lowest BCUT2D eigenvalue weighted by Crippen LogP contribution is -2.32. The van der Waals surface area contributed by atoms with Crippen molar-refractivity contribution in [1.29, 1.82) is 0 Å². The van der Waals surface area contributed by atoms with Crippen LogP contribution in [-0.2, 0) is 9.59 Å². The number of carbonyl (C=O) groups is 3.